The molecule has 0 saturated carbocycles. The summed E-state index contributed by atoms with van der Waals surface area (Å²) in [5.41, 5.74) is 3.54. The van der Waals surface area contributed by atoms with Crippen molar-refractivity contribution in [3.8, 4) is 5.75 Å². The highest BCUT2D eigenvalue weighted by atomic mass is 79.9. The molecule has 0 fully saturated rings. The number of para-hydroxylation sites is 1. The number of aromatic nitrogens is 2. The lowest BCUT2D eigenvalue weighted by Gasteiger charge is -2.24. The van der Waals surface area contributed by atoms with E-state index < -0.39 is 0 Å². The first-order chi connectivity index (χ1) is 9.66. The molecule has 1 unspecified atom stereocenters. The molecule has 0 saturated heterocycles. The number of nitrogens with one attached hydrogen (secondary N) is 1. The lowest BCUT2D eigenvalue weighted by Crippen LogP contribution is -2.25. The minimum Gasteiger partial charge on any atom is -0.506 e. The first kappa shape index (κ1) is 13.6. The molecule has 20 heavy (non-hydrogen) atoms. The van der Waals surface area contributed by atoms with Crippen LogP contribution in [-0.4, -0.2) is 14.9 Å². The second-order valence-corrected chi connectivity index (χ2v) is 6.10. The lowest BCUT2D eigenvalue weighted by atomic mass is 9.93. The number of nitrogens with zero attached hydrogens (tertiary/aromatic N) is 2. The van der Waals surface area contributed by atoms with Crippen LogP contribution in [0.3, 0.4) is 0 Å². The molecule has 2 N–H and O–H groups in total. The fourth-order valence-corrected chi connectivity index (χ4v) is 3.26. The molecule has 1 aromatic carbocycles. The van der Waals surface area contributed by atoms with Crippen LogP contribution in [0.2, 0.25) is 0 Å². The van der Waals surface area contributed by atoms with Crippen LogP contribution in [0.5, 0.6) is 5.75 Å². The molecule has 1 aromatic heterocycles. The monoisotopic (exact) mass is 335 g/mol. The third kappa shape index (κ3) is 2.47. The highest BCUT2D eigenvalue weighted by Crippen LogP contribution is 2.31. The predicted octanol–water partition coefficient (Wildman–Crippen LogP) is 3.06. The van der Waals surface area contributed by atoms with Crippen molar-refractivity contribution in [3.05, 3.63) is 45.7 Å². The second kappa shape index (κ2) is 5.58. The maximum atomic E-state index is 10.0. The number of hydrogen-bond acceptors (Lipinski definition) is 3. The van der Waals surface area contributed by atoms with Gasteiger partial charge in [-0.2, -0.15) is 5.10 Å². The van der Waals surface area contributed by atoms with Gasteiger partial charge in [0.15, 0.2) is 0 Å². The van der Waals surface area contributed by atoms with Crippen LogP contribution in [-0.2, 0) is 20.0 Å². The Kier molecular flexibility index (Phi) is 3.81. The standard InChI is InChI=1S/C15H18BrN3O/c1-19-14-7-3-6-13(11(14)9-18-19)17-8-10-4-2-5-12(16)15(10)20/h2,4-5,9,13,17,20H,3,6-8H2,1H3. The van der Waals surface area contributed by atoms with Crippen LogP contribution < -0.4 is 5.32 Å². The number of phenols is 1. The van der Waals surface area contributed by atoms with Crippen molar-refractivity contribution in [2.75, 3.05) is 0 Å². The normalized spacial score (nSPS) is 18.0. The van der Waals surface area contributed by atoms with E-state index in [4.69, 9.17) is 0 Å². The number of fused-ring (bicyclic) bond motifs is 1. The van der Waals surface area contributed by atoms with E-state index in [1.54, 1.807) is 0 Å². The Hall–Kier alpha value is -1.33. The SMILES string of the molecule is Cn1ncc2c1CCCC2NCc1cccc(Br)c1O. The first-order valence-corrected chi connectivity index (χ1v) is 7.66. The van der Waals surface area contributed by atoms with Crippen LogP contribution in [0, 0.1) is 0 Å². The van der Waals surface area contributed by atoms with E-state index in [9.17, 15) is 5.11 Å². The van der Waals surface area contributed by atoms with Crippen molar-refractivity contribution in [2.24, 2.45) is 7.05 Å². The Morgan fingerprint density at radius 2 is 2.35 bits per heavy atom. The number of benzene rings is 1. The largest absolute Gasteiger partial charge is 0.506 e. The minimum absolute atomic E-state index is 0.321. The average molecular weight is 336 g/mol. The van der Waals surface area contributed by atoms with Gasteiger partial charge in [-0.15, -0.1) is 0 Å². The van der Waals surface area contributed by atoms with Crippen LogP contribution in [0.15, 0.2) is 28.9 Å². The highest BCUT2D eigenvalue weighted by molar-refractivity contribution is 9.10. The molecule has 1 aliphatic carbocycles. The Bertz CT molecular complexity index is 624. The maximum Gasteiger partial charge on any atom is 0.134 e. The van der Waals surface area contributed by atoms with Crippen molar-refractivity contribution in [2.45, 2.75) is 31.8 Å². The summed E-state index contributed by atoms with van der Waals surface area (Å²) in [4.78, 5) is 0. The van der Waals surface area contributed by atoms with E-state index in [0.29, 0.717) is 18.3 Å². The lowest BCUT2D eigenvalue weighted by molar-refractivity contribution is 0.433. The fourth-order valence-electron chi connectivity index (χ4n) is 2.85. The molecule has 5 heteroatoms. The summed E-state index contributed by atoms with van der Waals surface area (Å²) in [6.45, 7) is 0.657. The minimum atomic E-state index is 0.321. The molecule has 0 bridgehead atoms. The molecule has 0 aliphatic heterocycles. The van der Waals surface area contributed by atoms with E-state index >= 15 is 0 Å². The summed E-state index contributed by atoms with van der Waals surface area (Å²) in [5.74, 6) is 0.321. The zero-order chi connectivity index (χ0) is 14.1. The van der Waals surface area contributed by atoms with Gasteiger partial charge >= 0.3 is 0 Å². The van der Waals surface area contributed by atoms with Crippen molar-refractivity contribution in [1.29, 1.82) is 0 Å². The molecular weight excluding hydrogens is 318 g/mol. The number of phenolic OH excluding ortho intramolecular Hbond substituents is 1. The number of halogens is 1. The zero-order valence-corrected chi connectivity index (χ0v) is 13.0. The highest BCUT2D eigenvalue weighted by Gasteiger charge is 2.23. The topological polar surface area (TPSA) is 50.1 Å². The summed E-state index contributed by atoms with van der Waals surface area (Å²) in [7, 11) is 2.00. The van der Waals surface area contributed by atoms with Gasteiger partial charge in [0.1, 0.15) is 5.75 Å². The van der Waals surface area contributed by atoms with Crippen LogP contribution in [0.4, 0.5) is 0 Å². The fraction of sp³-hybridized carbons (Fsp3) is 0.400. The Morgan fingerprint density at radius 3 is 3.20 bits per heavy atom. The van der Waals surface area contributed by atoms with Gasteiger partial charge in [-0.25, -0.2) is 0 Å². The second-order valence-electron chi connectivity index (χ2n) is 5.24. The number of aromatic hydroxyl groups is 1. The smallest absolute Gasteiger partial charge is 0.134 e. The van der Waals surface area contributed by atoms with Gasteiger partial charge in [0.05, 0.1) is 10.7 Å². The zero-order valence-electron chi connectivity index (χ0n) is 11.4. The third-order valence-corrected chi connectivity index (χ3v) is 4.62. The molecule has 0 radical (unpaired) electrons. The van der Waals surface area contributed by atoms with Gasteiger partial charge in [-0.3, -0.25) is 4.68 Å². The Balaban J connectivity index is 1.75. The molecular formula is C15H18BrN3O. The third-order valence-electron chi connectivity index (χ3n) is 3.98. The average Bonchev–Trinajstić information content (AvgIpc) is 2.83. The summed E-state index contributed by atoms with van der Waals surface area (Å²) in [6.07, 6.45) is 5.36. The van der Waals surface area contributed by atoms with Crippen LogP contribution in [0.25, 0.3) is 0 Å². The van der Waals surface area contributed by atoms with Crippen LogP contribution >= 0.6 is 15.9 Å². The van der Waals surface area contributed by atoms with Crippen molar-refractivity contribution < 1.29 is 5.11 Å². The molecule has 2 aromatic rings. The van der Waals surface area contributed by atoms with Gasteiger partial charge in [0.25, 0.3) is 0 Å². The van der Waals surface area contributed by atoms with Gasteiger partial charge < -0.3 is 10.4 Å². The van der Waals surface area contributed by atoms with E-state index in [-0.39, 0.29) is 0 Å². The van der Waals surface area contributed by atoms with Gasteiger partial charge in [0, 0.05) is 36.5 Å². The van der Waals surface area contributed by atoms with Crippen molar-refractivity contribution in [3.63, 3.8) is 0 Å². The van der Waals surface area contributed by atoms with E-state index in [1.165, 1.54) is 17.7 Å². The molecule has 0 amide bonds. The summed E-state index contributed by atoms with van der Waals surface area (Å²) in [5, 5.41) is 17.9. The molecule has 1 heterocycles. The maximum absolute atomic E-state index is 10.0. The molecule has 106 valence electrons. The molecule has 1 aliphatic rings. The van der Waals surface area contributed by atoms with Crippen LogP contribution in [0.1, 0.15) is 35.7 Å². The summed E-state index contributed by atoms with van der Waals surface area (Å²) < 4.78 is 2.71. The number of hydrogen-bond donors (Lipinski definition) is 2. The Morgan fingerprint density at radius 1 is 1.50 bits per heavy atom. The summed E-state index contributed by atoms with van der Waals surface area (Å²) in [6, 6.07) is 6.06. The summed E-state index contributed by atoms with van der Waals surface area (Å²) >= 11 is 3.35. The number of rotatable bonds is 3. The molecule has 0 spiro atoms. The number of aryl methyl sites for hydroxylation is 1. The van der Waals surface area contributed by atoms with Crippen molar-refractivity contribution in [1.82, 2.24) is 15.1 Å². The molecule has 4 nitrogen and oxygen atoms in total. The van der Waals surface area contributed by atoms with E-state index in [0.717, 1.165) is 22.9 Å². The first-order valence-electron chi connectivity index (χ1n) is 6.87. The Labute approximate surface area is 126 Å². The quantitative estimate of drug-likeness (QED) is 0.906. The predicted molar refractivity (Wildman–Crippen MR) is 81.5 cm³/mol. The van der Waals surface area contributed by atoms with E-state index in [2.05, 4.69) is 26.3 Å². The molecule has 3 rings (SSSR count). The van der Waals surface area contributed by atoms with Crippen molar-refractivity contribution >= 4 is 15.9 Å². The molecule has 1 atom stereocenters. The van der Waals surface area contributed by atoms with Gasteiger partial charge in [-0.05, 0) is 41.3 Å². The van der Waals surface area contributed by atoms with Gasteiger partial charge in [0.2, 0.25) is 0 Å². The van der Waals surface area contributed by atoms with Gasteiger partial charge in [-0.1, -0.05) is 12.1 Å². The van der Waals surface area contributed by atoms with E-state index in [1.807, 2.05) is 36.1 Å².